The molecule has 0 saturated carbocycles. The summed E-state index contributed by atoms with van der Waals surface area (Å²) in [5.74, 6) is 0. The first-order valence-corrected chi connectivity index (χ1v) is 6.69. The standard InChI is InChI=1S/C16H16O5/c1-16(2,19)14(17)7-11-9-3-4-15(18)21-13(9)8-12-10(11)5-6-20-12/h3-6,8,14,17,19H,7H2,1-2H3/t14-/m1/s1. The Bertz CT molecular complexity index is 850. The number of aliphatic hydroxyl groups excluding tert-OH is 1. The van der Waals surface area contributed by atoms with Crippen molar-refractivity contribution in [3.05, 3.63) is 46.5 Å². The van der Waals surface area contributed by atoms with E-state index in [4.69, 9.17) is 8.83 Å². The van der Waals surface area contributed by atoms with Crippen molar-refractivity contribution in [3.63, 3.8) is 0 Å². The van der Waals surface area contributed by atoms with E-state index in [1.807, 2.05) is 0 Å². The van der Waals surface area contributed by atoms with Gasteiger partial charge in [0.2, 0.25) is 0 Å². The first kappa shape index (κ1) is 13.9. The monoisotopic (exact) mass is 288 g/mol. The van der Waals surface area contributed by atoms with Gasteiger partial charge in [-0.2, -0.15) is 0 Å². The number of rotatable bonds is 3. The molecule has 1 atom stereocenters. The zero-order valence-electron chi connectivity index (χ0n) is 11.8. The van der Waals surface area contributed by atoms with Gasteiger partial charge in [-0.1, -0.05) is 0 Å². The highest BCUT2D eigenvalue weighted by Gasteiger charge is 2.26. The minimum Gasteiger partial charge on any atom is -0.464 e. The van der Waals surface area contributed by atoms with Gasteiger partial charge >= 0.3 is 5.63 Å². The third kappa shape index (κ3) is 2.46. The summed E-state index contributed by atoms with van der Waals surface area (Å²) in [5, 5.41) is 21.7. The molecule has 0 aliphatic carbocycles. The topological polar surface area (TPSA) is 83.8 Å². The number of benzene rings is 1. The molecule has 5 nitrogen and oxygen atoms in total. The predicted octanol–water partition coefficient (Wildman–Crippen LogP) is 2.21. The molecule has 0 unspecified atom stereocenters. The van der Waals surface area contributed by atoms with E-state index in [9.17, 15) is 15.0 Å². The van der Waals surface area contributed by atoms with Gasteiger partial charge < -0.3 is 19.0 Å². The second-order valence-corrected chi connectivity index (χ2v) is 5.73. The summed E-state index contributed by atoms with van der Waals surface area (Å²) < 4.78 is 10.6. The maximum Gasteiger partial charge on any atom is 0.336 e. The third-order valence-corrected chi connectivity index (χ3v) is 3.68. The van der Waals surface area contributed by atoms with Crippen molar-refractivity contribution in [3.8, 4) is 0 Å². The molecule has 21 heavy (non-hydrogen) atoms. The van der Waals surface area contributed by atoms with Crippen molar-refractivity contribution in [1.29, 1.82) is 0 Å². The summed E-state index contributed by atoms with van der Waals surface area (Å²) in [6, 6.07) is 6.46. The van der Waals surface area contributed by atoms with Crippen molar-refractivity contribution in [2.45, 2.75) is 32.0 Å². The van der Waals surface area contributed by atoms with Crippen LogP contribution in [0.25, 0.3) is 21.9 Å². The number of fused-ring (bicyclic) bond motifs is 2. The summed E-state index contributed by atoms with van der Waals surface area (Å²) >= 11 is 0. The maximum absolute atomic E-state index is 11.4. The Kier molecular flexibility index (Phi) is 3.11. The molecule has 3 aromatic rings. The van der Waals surface area contributed by atoms with Crippen LogP contribution in [0.1, 0.15) is 19.4 Å². The molecule has 0 amide bonds. The Hall–Kier alpha value is -2.11. The van der Waals surface area contributed by atoms with Gasteiger partial charge in [-0.3, -0.25) is 0 Å². The number of hydrogen-bond acceptors (Lipinski definition) is 5. The third-order valence-electron chi connectivity index (χ3n) is 3.68. The van der Waals surface area contributed by atoms with Crippen molar-refractivity contribution < 1.29 is 19.0 Å². The lowest BCUT2D eigenvalue weighted by Crippen LogP contribution is -2.37. The van der Waals surface area contributed by atoms with Crippen molar-refractivity contribution in [1.82, 2.24) is 0 Å². The smallest absolute Gasteiger partial charge is 0.336 e. The molecule has 0 bridgehead atoms. The lowest BCUT2D eigenvalue weighted by molar-refractivity contribution is -0.0466. The molecule has 3 rings (SSSR count). The van der Waals surface area contributed by atoms with Crippen LogP contribution in [-0.4, -0.2) is 21.9 Å². The summed E-state index contributed by atoms with van der Waals surface area (Å²) in [4.78, 5) is 11.4. The van der Waals surface area contributed by atoms with Crippen LogP contribution in [0.2, 0.25) is 0 Å². The second kappa shape index (κ2) is 4.72. The van der Waals surface area contributed by atoms with Crippen LogP contribution >= 0.6 is 0 Å². The maximum atomic E-state index is 11.4. The number of hydrogen-bond donors (Lipinski definition) is 2. The van der Waals surface area contributed by atoms with Crippen LogP contribution in [0.4, 0.5) is 0 Å². The fourth-order valence-corrected chi connectivity index (χ4v) is 2.40. The molecule has 1 aromatic carbocycles. The van der Waals surface area contributed by atoms with Crippen molar-refractivity contribution >= 4 is 21.9 Å². The molecule has 0 spiro atoms. The largest absolute Gasteiger partial charge is 0.464 e. The minimum atomic E-state index is -1.23. The average molecular weight is 288 g/mol. The van der Waals surface area contributed by atoms with Crippen LogP contribution in [0, 0.1) is 0 Å². The van der Waals surface area contributed by atoms with E-state index in [0.717, 1.165) is 16.3 Å². The van der Waals surface area contributed by atoms with E-state index < -0.39 is 17.3 Å². The highest BCUT2D eigenvalue weighted by Crippen LogP contribution is 2.30. The Balaban J connectivity index is 2.25. The van der Waals surface area contributed by atoms with Crippen LogP contribution in [0.5, 0.6) is 0 Å². The van der Waals surface area contributed by atoms with Crippen molar-refractivity contribution in [2.24, 2.45) is 0 Å². The minimum absolute atomic E-state index is 0.227. The molecular formula is C16H16O5. The molecule has 110 valence electrons. The highest BCUT2D eigenvalue weighted by atomic mass is 16.4. The predicted molar refractivity (Wildman–Crippen MR) is 78.3 cm³/mol. The highest BCUT2D eigenvalue weighted by molar-refractivity contribution is 5.97. The van der Waals surface area contributed by atoms with Crippen LogP contribution in [0.3, 0.4) is 0 Å². The molecule has 2 heterocycles. The molecule has 0 aliphatic rings. The number of aliphatic hydroxyl groups is 2. The van der Waals surface area contributed by atoms with Gasteiger partial charge in [-0.15, -0.1) is 0 Å². The molecule has 5 heteroatoms. The van der Waals surface area contributed by atoms with E-state index in [0.29, 0.717) is 11.2 Å². The Morgan fingerprint density at radius 2 is 1.90 bits per heavy atom. The molecule has 0 aliphatic heterocycles. The summed E-state index contributed by atoms with van der Waals surface area (Å²) in [5.41, 5.74) is 0.100. The lowest BCUT2D eigenvalue weighted by Gasteiger charge is -2.25. The fourth-order valence-electron chi connectivity index (χ4n) is 2.40. The summed E-state index contributed by atoms with van der Waals surface area (Å²) in [7, 11) is 0. The van der Waals surface area contributed by atoms with Crippen LogP contribution < -0.4 is 5.63 Å². The van der Waals surface area contributed by atoms with Crippen molar-refractivity contribution in [2.75, 3.05) is 0 Å². The van der Waals surface area contributed by atoms with E-state index in [-0.39, 0.29) is 6.42 Å². The van der Waals surface area contributed by atoms with Crippen LogP contribution in [0.15, 0.2) is 44.2 Å². The van der Waals surface area contributed by atoms with Gasteiger partial charge in [-0.05, 0) is 31.5 Å². The Morgan fingerprint density at radius 1 is 1.19 bits per heavy atom. The SMILES string of the molecule is CC(C)(O)[C@H](O)Cc1c2ccoc2cc2oc(=O)ccc12. The van der Waals surface area contributed by atoms with Gasteiger partial charge in [0, 0.05) is 29.3 Å². The molecule has 0 radical (unpaired) electrons. The van der Waals surface area contributed by atoms with E-state index in [1.54, 1.807) is 38.3 Å². The first-order chi connectivity index (χ1) is 9.86. The Morgan fingerprint density at radius 3 is 2.62 bits per heavy atom. The molecule has 2 N–H and O–H groups in total. The number of furan rings is 1. The normalized spacial score (nSPS) is 13.9. The molecule has 0 fully saturated rings. The van der Waals surface area contributed by atoms with E-state index in [2.05, 4.69) is 0 Å². The molecular weight excluding hydrogens is 272 g/mol. The Labute approximate surface area is 120 Å². The quantitative estimate of drug-likeness (QED) is 0.722. The first-order valence-electron chi connectivity index (χ1n) is 6.69. The average Bonchev–Trinajstić information content (AvgIpc) is 2.84. The van der Waals surface area contributed by atoms with Gasteiger partial charge in [0.15, 0.2) is 0 Å². The second-order valence-electron chi connectivity index (χ2n) is 5.73. The lowest BCUT2D eigenvalue weighted by atomic mass is 9.92. The van der Waals surface area contributed by atoms with E-state index >= 15 is 0 Å². The van der Waals surface area contributed by atoms with E-state index in [1.165, 1.54) is 6.07 Å². The van der Waals surface area contributed by atoms with Gasteiger partial charge in [0.05, 0.1) is 18.0 Å². The molecule has 0 saturated heterocycles. The van der Waals surface area contributed by atoms with Crippen LogP contribution in [-0.2, 0) is 6.42 Å². The molecule has 2 aromatic heterocycles. The summed E-state index contributed by atoms with van der Waals surface area (Å²) in [6.07, 6.45) is 0.819. The summed E-state index contributed by atoms with van der Waals surface area (Å²) in [6.45, 7) is 3.10. The zero-order valence-corrected chi connectivity index (χ0v) is 11.8. The fraction of sp³-hybridized carbons (Fsp3) is 0.312. The zero-order chi connectivity index (χ0) is 15.2. The van der Waals surface area contributed by atoms with Gasteiger partial charge in [0.25, 0.3) is 0 Å². The van der Waals surface area contributed by atoms with Gasteiger partial charge in [0.1, 0.15) is 11.2 Å². The van der Waals surface area contributed by atoms with Gasteiger partial charge in [-0.25, -0.2) is 4.79 Å².